The Bertz CT molecular complexity index is 432. The molecule has 1 aromatic carbocycles. The molecule has 22 heavy (non-hydrogen) atoms. The third kappa shape index (κ3) is 7.76. The predicted octanol–water partition coefficient (Wildman–Crippen LogP) is 2.95. The summed E-state index contributed by atoms with van der Waals surface area (Å²) in [7, 11) is 1.64. The van der Waals surface area contributed by atoms with Gasteiger partial charge in [-0.3, -0.25) is 0 Å². The zero-order chi connectivity index (χ0) is 16.2. The van der Waals surface area contributed by atoms with Crippen LogP contribution in [-0.4, -0.2) is 32.3 Å². The van der Waals surface area contributed by atoms with E-state index in [1.807, 2.05) is 31.2 Å². The smallest absolute Gasteiger partial charge is 0.188 e. The van der Waals surface area contributed by atoms with Crippen molar-refractivity contribution in [2.75, 3.05) is 20.2 Å². The zero-order valence-electron chi connectivity index (χ0n) is 14.0. The van der Waals surface area contributed by atoms with E-state index in [4.69, 9.17) is 15.2 Å². The number of hydrogen-bond acceptors (Lipinski definition) is 3. The van der Waals surface area contributed by atoms with Crippen molar-refractivity contribution < 1.29 is 9.47 Å². The van der Waals surface area contributed by atoms with Gasteiger partial charge in [0.2, 0.25) is 0 Å². The van der Waals surface area contributed by atoms with Gasteiger partial charge in [-0.15, -0.1) is 0 Å². The third-order valence-corrected chi connectivity index (χ3v) is 3.25. The standard InChI is InChI=1S/C17H29N3O2/c1-4-5-6-7-12-19-17(18)20-13-14(2)22-16-10-8-15(21-3)9-11-16/h8-11,14H,4-7,12-13H2,1-3H3,(H3,18,19,20). The molecule has 1 unspecified atom stereocenters. The van der Waals surface area contributed by atoms with Gasteiger partial charge >= 0.3 is 0 Å². The van der Waals surface area contributed by atoms with E-state index in [0.717, 1.165) is 24.5 Å². The molecule has 3 N–H and O–H groups in total. The average molecular weight is 307 g/mol. The molecule has 0 radical (unpaired) electrons. The molecule has 1 atom stereocenters. The molecule has 124 valence electrons. The minimum absolute atomic E-state index is 0.0335. The lowest BCUT2D eigenvalue weighted by molar-refractivity contribution is 0.230. The second-order valence-corrected chi connectivity index (χ2v) is 5.32. The normalized spacial score (nSPS) is 12.8. The maximum Gasteiger partial charge on any atom is 0.188 e. The van der Waals surface area contributed by atoms with Gasteiger partial charge in [-0.2, -0.15) is 0 Å². The van der Waals surface area contributed by atoms with E-state index < -0.39 is 0 Å². The molecule has 0 amide bonds. The molecule has 0 aliphatic rings. The summed E-state index contributed by atoms with van der Waals surface area (Å²) in [4.78, 5) is 4.31. The number of unbranched alkanes of at least 4 members (excludes halogenated alkanes) is 3. The molecule has 5 nitrogen and oxygen atoms in total. The first-order chi connectivity index (χ1) is 10.7. The molecule has 0 heterocycles. The lowest BCUT2D eigenvalue weighted by atomic mass is 10.2. The number of benzene rings is 1. The van der Waals surface area contributed by atoms with Gasteiger partial charge in [0.15, 0.2) is 5.96 Å². The van der Waals surface area contributed by atoms with Gasteiger partial charge < -0.3 is 20.5 Å². The van der Waals surface area contributed by atoms with Crippen LogP contribution in [0, 0.1) is 0 Å². The highest BCUT2D eigenvalue weighted by Crippen LogP contribution is 2.18. The Kier molecular flexibility index (Phi) is 8.88. The highest BCUT2D eigenvalue weighted by atomic mass is 16.5. The van der Waals surface area contributed by atoms with E-state index in [-0.39, 0.29) is 6.10 Å². The van der Waals surface area contributed by atoms with Gasteiger partial charge in [-0.1, -0.05) is 26.2 Å². The van der Waals surface area contributed by atoms with Crippen LogP contribution in [0.1, 0.15) is 39.5 Å². The number of nitrogens with one attached hydrogen (secondary N) is 1. The van der Waals surface area contributed by atoms with Crippen LogP contribution in [0.25, 0.3) is 0 Å². The van der Waals surface area contributed by atoms with E-state index >= 15 is 0 Å². The number of guanidine groups is 1. The number of hydrogen-bond donors (Lipinski definition) is 2. The van der Waals surface area contributed by atoms with Crippen molar-refractivity contribution in [1.82, 2.24) is 5.32 Å². The number of methoxy groups -OCH3 is 1. The molecule has 0 aliphatic carbocycles. The van der Waals surface area contributed by atoms with Gasteiger partial charge in [-0.25, -0.2) is 4.99 Å². The van der Waals surface area contributed by atoms with Gasteiger partial charge in [-0.05, 0) is 37.6 Å². The average Bonchev–Trinajstić information content (AvgIpc) is 2.53. The first kappa shape index (κ1) is 18.1. The van der Waals surface area contributed by atoms with Crippen LogP contribution < -0.4 is 20.5 Å². The number of ether oxygens (including phenoxy) is 2. The van der Waals surface area contributed by atoms with Crippen LogP contribution >= 0.6 is 0 Å². The fraction of sp³-hybridized carbons (Fsp3) is 0.588. The van der Waals surface area contributed by atoms with Crippen LogP contribution in [-0.2, 0) is 0 Å². The molecule has 0 fully saturated rings. The van der Waals surface area contributed by atoms with E-state index in [1.165, 1.54) is 19.3 Å². The Morgan fingerprint density at radius 1 is 1.18 bits per heavy atom. The van der Waals surface area contributed by atoms with Crippen molar-refractivity contribution in [3.63, 3.8) is 0 Å². The molecular formula is C17H29N3O2. The highest BCUT2D eigenvalue weighted by Gasteiger charge is 2.04. The molecule has 5 heteroatoms. The molecule has 0 saturated heterocycles. The highest BCUT2D eigenvalue weighted by molar-refractivity contribution is 5.77. The van der Waals surface area contributed by atoms with Crippen molar-refractivity contribution in [3.8, 4) is 11.5 Å². The van der Waals surface area contributed by atoms with E-state index in [2.05, 4.69) is 17.2 Å². The Hall–Kier alpha value is -1.91. The number of aliphatic imine (C=N–C) groups is 1. The third-order valence-electron chi connectivity index (χ3n) is 3.25. The van der Waals surface area contributed by atoms with Crippen LogP contribution in [0.2, 0.25) is 0 Å². The Balaban J connectivity index is 2.25. The summed E-state index contributed by atoms with van der Waals surface area (Å²) in [6, 6.07) is 7.51. The Morgan fingerprint density at radius 2 is 1.86 bits per heavy atom. The molecule has 0 aliphatic heterocycles. The summed E-state index contributed by atoms with van der Waals surface area (Å²) in [5.41, 5.74) is 5.83. The van der Waals surface area contributed by atoms with Crippen molar-refractivity contribution in [3.05, 3.63) is 24.3 Å². The number of rotatable bonds is 10. The summed E-state index contributed by atoms with van der Waals surface area (Å²) in [5, 5.41) is 3.13. The SMILES string of the molecule is CCCCCCNC(N)=NCC(C)Oc1ccc(OC)cc1. The Morgan fingerprint density at radius 3 is 2.50 bits per heavy atom. The molecule has 0 bridgehead atoms. The maximum absolute atomic E-state index is 5.83. The largest absolute Gasteiger partial charge is 0.497 e. The van der Waals surface area contributed by atoms with E-state index in [1.54, 1.807) is 7.11 Å². The van der Waals surface area contributed by atoms with Crippen molar-refractivity contribution in [2.45, 2.75) is 45.6 Å². The lowest BCUT2D eigenvalue weighted by Crippen LogP contribution is -2.33. The summed E-state index contributed by atoms with van der Waals surface area (Å²) < 4.78 is 10.9. The van der Waals surface area contributed by atoms with Crippen molar-refractivity contribution >= 4 is 5.96 Å². The van der Waals surface area contributed by atoms with Crippen molar-refractivity contribution in [2.24, 2.45) is 10.7 Å². The molecule has 0 aromatic heterocycles. The minimum atomic E-state index is -0.0335. The molecule has 1 aromatic rings. The second-order valence-electron chi connectivity index (χ2n) is 5.32. The Labute approximate surface area is 133 Å². The molecule has 1 rings (SSSR count). The summed E-state index contributed by atoms with van der Waals surface area (Å²) >= 11 is 0. The quantitative estimate of drug-likeness (QED) is 0.396. The minimum Gasteiger partial charge on any atom is -0.497 e. The van der Waals surface area contributed by atoms with Gasteiger partial charge in [0, 0.05) is 6.54 Å². The van der Waals surface area contributed by atoms with Crippen LogP contribution in [0.4, 0.5) is 0 Å². The fourth-order valence-corrected chi connectivity index (χ4v) is 1.97. The summed E-state index contributed by atoms with van der Waals surface area (Å²) in [5.74, 6) is 2.10. The first-order valence-corrected chi connectivity index (χ1v) is 8.00. The van der Waals surface area contributed by atoms with Crippen LogP contribution in [0.15, 0.2) is 29.3 Å². The van der Waals surface area contributed by atoms with Crippen molar-refractivity contribution in [1.29, 1.82) is 0 Å². The van der Waals surface area contributed by atoms with Gasteiger partial charge in [0.1, 0.15) is 17.6 Å². The number of nitrogens with zero attached hydrogens (tertiary/aromatic N) is 1. The van der Waals surface area contributed by atoms with Gasteiger partial charge in [0.05, 0.1) is 13.7 Å². The predicted molar refractivity (Wildman–Crippen MR) is 91.7 cm³/mol. The maximum atomic E-state index is 5.83. The van der Waals surface area contributed by atoms with E-state index in [0.29, 0.717) is 12.5 Å². The molecular weight excluding hydrogens is 278 g/mol. The van der Waals surface area contributed by atoms with Gasteiger partial charge in [0.25, 0.3) is 0 Å². The monoisotopic (exact) mass is 307 g/mol. The second kappa shape index (κ2) is 10.8. The first-order valence-electron chi connectivity index (χ1n) is 8.00. The fourth-order valence-electron chi connectivity index (χ4n) is 1.97. The summed E-state index contributed by atoms with van der Waals surface area (Å²) in [6.07, 6.45) is 4.83. The van der Waals surface area contributed by atoms with Crippen LogP contribution in [0.3, 0.4) is 0 Å². The van der Waals surface area contributed by atoms with E-state index in [9.17, 15) is 0 Å². The zero-order valence-corrected chi connectivity index (χ0v) is 14.0. The summed E-state index contributed by atoms with van der Waals surface area (Å²) in [6.45, 7) is 5.58. The topological polar surface area (TPSA) is 68.9 Å². The number of nitrogens with two attached hydrogens (primary N) is 1. The van der Waals surface area contributed by atoms with Crippen LogP contribution in [0.5, 0.6) is 11.5 Å². The lowest BCUT2D eigenvalue weighted by Gasteiger charge is -2.13. The molecule has 0 saturated carbocycles. The molecule has 0 spiro atoms.